The monoisotopic (exact) mass is 468 g/mol. The van der Waals surface area contributed by atoms with Crippen LogP contribution < -0.4 is 7.74 Å². The molecule has 0 bridgehead atoms. The van der Waals surface area contributed by atoms with Crippen LogP contribution in [0.3, 0.4) is 0 Å². The molecule has 4 aromatic rings. The van der Waals surface area contributed by atoms with Crippen LogP contribution in [-0.4, -0.2) is 7.63 Å². The van der Waals surface area contributed by atoms with E-state index in [4.69, 9.17) is 0 Å². The number of fused-ring (bicyclic) bond motifs is 6. The molecule has 0 aromatic heterocycles. The van der Waals surface area contributed by atoms with Gasteiger partial charge in [0.1, 0.15) is 0 Å². The second kappa shape index (κ2) is 5.31. The van der Waals surface area contributed by atoms with E-state index in [0.29, 0.717) is 0 Å². The summed E-state index contributed by atoms with van der Waals surface area (Å²) in [6.07, 6.45) is 2.09. The molecule has 0 N–H and O–H groups in total. The Morgan fingerprint density at radius 3 is 1.31 bits per heavy atom. The first-order valence-electron chi connectivity index (χ1n) is 11.9. The molecule has 0 saturated heterocycles. The van der Waals surface area contributed by atoms with Gasteiger partial charge in [0.2, 0.25) is 0 Å². The van der Waals surface area contributed by atoms with Crippen LogP contribution in [0.1, 0.15) is 22.3 Å². The van der Waals surface area contributed by atoms with E-state index in [1.807, 2.05) is 0 Å². The zero-order valence-electron chi connectivity index (χ0n) is 19.7. The second-order valence-electron chi connectivity index (χ2n) is 14.2. The second-order valence-corrected chi connectivity index (χ2v) is 52.0. The molecule has 2 heteroatoms. The van der Waals surface area contributed by atoms with Crippen LogP contribution in [-0.2, 0) is 24.3 Å². The van der Waals surface area contributed by atoms with E-state index >= 15 is 0 Å². The van der Waals surface area contributed by atoms with Crippen LogP contribution >= 0.6 is 0 Å². The molecule has 0 aliphatic heterocycles. The Kier molecular flexibility index (Phi) is 3.39. The SMILES string of the molecule is [CH3][Ti]([CH3])([CH3])([CH3])(=[SiH2])([c]1cccc2c1Cc1ccccc1-2)[c]1cccc2c1Cc1ccccc1-2. The van der Waals surface area contributed by atoms with Crippen molar-refractivity contribution >= 4 is 15.4 Å². The van der Waals surface area contributed by atoms with Crippen LogP contribution in [0.2, 0.25) is 20.9 Å². The molecule has 0 radical (unpaired) electrons. The third-order valence-electron chi connectivity index (χ3n) is 8.51. The first-order valence-corrected chi connectivity index (χ1v) is 23.7. The standard InChI is InChI=1S/2C13H9.4CH3.H2Si.Ti/c2*1-3-7-12-10(5-1)9-11-6-2-4-8-13(11)12;;;;;;/h2*1-5,7-8H,9H2;4*1H3;1H2;. The van der Waals surface area contributed by atoms with Gasteiger partial charge in [0.25, 0.3) is 0 Å². The van der Waals surface area contributed by atoms with Gasteiger partial charge >= 0.3 is 190 Å². The van der Waals surface area contributed by atoms with E-state index in [1.54, 1.807) is 18.9 Å². The first-order chi connectivity index (χ1) is 14.9. The summed E-state index contributed by atoms with van der Waals surface area (Å²) in [5.74, 6) is 0. The predicted octanol–water partition coefficient (Wildman–Crippen LogP) is 6.28. The van der Waals surface area contributed by atoms with Gasteiger partial charge in [-0.15, -0.1) is 0 Å². The Bertz CT molecular complexity index is 1490. The van der Waals surface area contributed by atoms with E-state index in [1.165, 1.54) is 33.4 Å². The molecule has 0 heterocycles. The van der Waals surface area contributed by atoms with E-state index in [9.17, 15) is 0 Å². The minimum absolute atomic E-state index is 1.05. The topological polar surface area (TPSA) is 0 Å². The van der Waals surface area contributed by atoms with Crippen molar-refractivity contribution in [2.24, 2.45) is 0 Å². The molecule has 2 aliphatic rings. The normalized spacial score (nSPS) is 17.2. The summed E-state index contributed by atoms with van der Waals surface area (Å²) in [5, 5.41) is 10.6. The van der Waals surface area contributed by atoms with Gasteiger partial charge in [-0.2, -0.15) is 0 Å². The fourth-order valence-corrected chi connectivity index (χ4v) is 18.7. The average Bonchev–Trinajstić information content (AvgIpc) is 3.30. The summed E-state index contributed by atoms with van der Waals surface area (Å²) in [7, 11) is 2.35. The van der Waals surface area contributed by atoms with Crippen molar-refractivity contribution < 1.29 is 11.5 Å². The molecule has 4 aromatic carbocycles. The molecule has 0 amide bonds. The summed E-state index contributed by atoms with van der Waals surface area (Å²) in [4.78, 5) is 0. The Labute approximate surface area is 189 Å². The molecule has 0 spiro atoms. The van der Waals surface area contributed by atoms with Crippen LogP contribution in [0.5, 0.6) is 0 Å². The van der Waals surface area contributed by atoms with Crippen LogP contribution in [0.4, 0.5) is 0 Å². The quantitative estimate of drug-likeness (QED) is 0.262. The Morgan fingerprint density at radius 2 is 0.875 bits per heavy atom. The van der Waals surface area contributed by atoms with E-state index < -0.39 is 11.5 Å². The average molecular weight is 469 g/mol. The van der Waals surface area contributed by atoms with Crippen LogP contribution in [0.15, 0.2) is 84.9 Å². The number of hydrogen-bond acceptors (Lipinski definition) is 0. The van der Waals surface area contributed by atoms with Crippen molar-refractivity contribution in [3.63, 3.8) is 0 Å². The van der Waals surface area contributed by atoms with E-state index in [-0.39, 0.29) is 0 Å². The summed E-state index contributed by atoms with van der Waals surface area (Å²) < 4.78 is 3.22. The van der Waals surface area contributed by atoms with E-state index in [0.717, 1.165) is 12.8 Å². The minimum atomic E-state index is -4.43. The first kappa shape index (κ1) is 20.4. The number of rotatable bonds is 2. The predicted molar refractivity (Wildman–Crippen MR) is 141 cm³/mol. The van der Waals surface area contributed by atoms with Gasteiger partial charge in [-0.3, -0.25) is 0 Å². The summed E-state index contributed by atoms with van der Waals surface area (Å²) >= 11 is -4.43. The Balaban J connectivity index is 1.69. The zero-order chi connectivity index (χ0) is 22.5. The maximum atomic E-state index is 2.66. The maximum absolute atomic E-state index is 4.43. The summed E-state index contributed by atoms with van der Waals surface area (Å²) in [6.45, 7) is 0. The molecule has 0 unspecified atom stereocenters. The van der Waals surface area contributed by atoms with Crippen molar-refractivity contribution in [3.05, 3.63) is 107 Å². The van der Waals surface area contributed by atoms with Gasteiger partial charge in [0, 0.05) is 0 Å². The third kappa shape index (κ3) is 2.59. The van der Waals surface area contributed by atoms with Crippen molar-refractivity contribution in [1.29, 1.82) is 0 Å². The third-order valence-corrected chi connectivity index (χ3v) is 21.9. The van der Waals surface area contributed by atoms with E-state index in [2.05, 4.69) is 113 Å². The Hall–Kier alpha value is -2.19. The fourth-order valence-electron chi connectivity index (χ4n) is 6.90. The van der Waals surface area contributed by atoms with Gasteiger partial charge in [-0.25, -0.2) is 0 Å². The molecular formula is C30H32SiTi. The van der Waals surface area contributed by atoms with Gasteiger partial charge in [0.15, 0.2) is 0 Å². The molecule has 0 atom stereocenters. The fraction of sp³-hybridized carbons (Fsp3) is 0.200. The van der Waals surface area contributed by atoms with Crippen LogP contribution in [0.25, 0.3) is 22.3 Å². The Morgan fingerprint density at radius 1 is 0.500 bits per heavy atom. The molecular weight excluding hydrogens is 436 g/mol. The molecule has 0 fully saturated rings. The van der Waals surface area contributed by atoms with Gasteiger partial charge in [0.05, 0.1) is 0 Å². The molecule has 160 valence electrons. The summed E-state index contributed by atoms with van der Waals surface area (Å²) in [6, 6.07) is 32.2. The number of hydrogen-bond donors (Lipinski definition) is 0. The van der Waals surface area contributed by atoms with Crippen molar-refractivity contribution in [2.75, 3.05) is 0 Å². The van der Waals surface area contributed by atoms with Crippen molar-refractivity contribution in [3.8, 4) is 22.3 Å². The number of benzene rings is 4. The zero-order valence-corrected chi connectivity index (χ0v) is 22.7. The van der Waals surface area contributed by atoms with Gasteiger partial charge < -0.3 is 0 Å². The van der Waals surface area contributed by atoms with Crippen molar-refractivity contribution in [2.45, 2.75) is 33.8 Å². The summed E-state index contributed by atoms with van der Waals surface area (Å²) in [5.41, 5.74) is 11.8. The molecule has 0 nitrogen and oxygen atoms in total. The molecule has 6 rings (SSSR count). The molecule has 0 saturated carbocycles. The molecule has 32 heavy (non-hydrogen) atoms. The molecule has 2 aliphatic carbocycles. The van der Waals surface area contributed by atoms with Gasteiger partial charge in [-0.05, 0) is 0 Å². The van der Waals surface area contributed by atoms with Crippen LogP contribution in [0, 0.1) is 0 Å². The van der Waals surface area contributed by atoms with Crippen molar-refractivity contribution in [1.82, 2.24) is 0 Å². The van der Waals surface area contributed by atoms with Gasteiger partial charge in [-0.1, -0.05) is 0 Å².